The van der Waals surface area contributed by atoms with Crippen molar-refractivity contribution in [1.29, 1.82) is 0 Å². The van der Waals surface area contributed by atoms with E-state index in [1.54, 1.807) is 6.26 Å². The van der Waals surface area contributed by atoms with Crippen molar-refractivity contribution >= 4 is 0 Å². The molecular weight excluding hydrogens is 212 g/mol. The largest absolute Gasteiger partial charge is 0.364 e. The minimum Gasteiger partial charge on any atom is -0.364 e. The Kier molecular flexibility index (Phi) is 2.92. The van der Waals surface area contributed by atoms with Crippen molar-refractivity contribution in [3.05, 3.63) is 53.4 Å². The quantitative estimate of drug-likeness (QED) is 0.855. The van der Waals surface area contributed by atoms with Gasteiger partial charge in [-0.2, -0.15) is 0 Å². The summed E-state index contributed by atoms with van der Waals surface area (Å²) in [5.41, 5.74) is 3.88. The van der Waals surface area contributed by atoms with Crippen LogP contribution in [0.25, 0.3) is 0 Å². The molecule has 1 aromatic heterocycles. The van der Waals surface area contributed by atoms with E-state index in [1.165, 1.54) is 24.0 Å². The fourth-order valence-electron chi connectivity index (χ4n) is 2.14. The van der Waals surface area contributed by atoms with Crippen LogP contribution < -0.4 is 5.32 Å². The maximum Gasteiger partial charge on any atom is 0.124 e. The van der Waals surface area contributed by atoms with Crippen LogP contribution in [0.4, 0.5) is 0 Å². The van der Waals surface area contributed by atoms with Gasteiger partial charge in [-0.1, -0.05) is 29.4 Å². The van der Waals surface area contributed by atoms with E-state index < -0.39 is 0 Å². The van der Waals surface area contributed by atoms with Gasteiger partial charge in [-0.15, -0.1) is 0 Å². The Morgan fingerprint density at radius 3 is 2.82 bits per heavy atom. The van der Waals surface area contributed by atoms with Crippen molar-refractivity contribution in [3.63, 3.8) is 0 Å². The monoisotopic (exact) mass is 228 g/mol. The van der Waals surface area contributed by atoms with E-state index in [1.807, 2.05) is 6.07 Å². The van der Waals surface area contributed by atoms with Crippen LogP contribution in [-0.4, -0.2) is 5.16 Å². The van der Waals surface area contributed by atoms with E-state index in [2.05, 4.69) is 34.7 Å². The lowest BCUT2D eigenvalue weighted by Gasteiger charge is -2.08. The maximum absolute atomic E-state index is 4.80. The fraction of sp³-hybridized carbons (Fsp3) is 0.357. The molecule has 3 rings (SSSR count). The third-order valence-corrected chi connectivity index (χ3v) is 3.19. The molecule has 0 bridgehead atoms. The number of aromatic nitrogens is 1. The molecule has 0 unspecified atom stereocenters. The second-order valence-electron chi connectivity index (χ2n) is 4.57. The first kappa shape index (κ1) is 10.5. The first-order chi connectivity index (χ1) is 8.43. The zero-order chi connectivity index (χ0) is 11.5. The maximum atomic E-state index is 4.80. The molecule has 1 N–H and O–H groups in total. The van der Waals surface area contributed by atoms with Crippen molar-refractivity contribution < 1.29 is 4.52 Å². The van der Waals surface area contributed by atoms with Gasteiger partial charge in [0.15, 0.2) is 0 Å². The number of nitrogens with zero attached hydrogens (tertiary/aromatic N) is 1. The summed E-state index contributed by atoms with van der Waals surface area (Å²) in [5.74, 6) is 0.806. The summed E-state index contributed by atoms with van der Waals surface area (Å²) in [4.78, 5) is 0. The highest BCUT2D eigenvalue weighted by molar-refractivity contribution is 5.33. The first-order valence-electron chi connectivity index (χ1n) is 6.11. The number of hydrogen-bond acceptors (Lipinski definition) is 3. The average molecular weight is 228 g/mol. The van der Waals surface area contributed by atoms with E-state index in [-0.39, 0.29) is 0 Å². The van der Waals surface area contributed by atoms with E-state index in [0.717, 1.165) is 24.7 Å². The van der Waals surface area contributed by atoms with Gasteiger partial charge in [0.25, 0.3) is 0 Å². The topological polar surface area (TPSA) is 38.1 Å². The molecule has 17 heavy (non-hydrogen) atoms. The molecule has 1 aliphatic carbocycles. The third kappa shape index (κ3) is 2.56. The van der Waals surface area contributed by atoms with Gasteiger partial charge in [0, 0.05) is 19.2 Å². The number of nitrogens with one attached hydrogen (secondary N) is 1. The second kappa shape index (κ2) is 4.72. The lowest BCUT2D eigenvalue weighted by molar-refractivity contribution is 0.408. The molecule has 0 amide bonds. The average Bonchev–Trinajstić information content (AvgIpc) is 3.08. The van der Waals surface area contributed by atoms with Crippen LogP contribution in [0.2, 0.25) is 0 Å². The molecule has 1 aromatic carbocycles. The summed E-state index contributed by atoms with van der Waals surface area (Å²) < 4.78 is 4.80. The van der Waals surface area contributed by atoms with Crippen LogP contribution in [0.5, 0.6) is 0 Å². The standard InChI is InChI=1S/C14H16N2O/c1-2-4-14(11-5-6-11)12(3-1)9-15-10-13-7-8-17-16-13/h1-4,7-8,11,15H,5-6,9-10H2. The Labute approximate surface area is 101 Å². The number of rotatable bonds is 5. The van der Waals surface area contributed by atoms with Crippen LogP contribution in [-0.2, 0) is 13.1 Å². The van der Waals surface area contributed by atoms with Crippen molar-refractivity contribution in [2.75, 3.05) is 0 Å². The van der Waals surface area contributed by atoms with Gasteiger partial charge >= 0.3 is 0 Å². The molecule has 1 heterocycles. The molecule has 88 valence electrons. The van der Waals surface area contributed by atoms with Crippen molar-refractivity contribution in [2.24, 2.45) is 0 Å². The van der Waals surface area contributed by atoms with Gasteiger partial charge in [-0.25, -0.2) is 0 Å². The lowest BCUT2D eigenvalue weighted by atomic mass is 10.0. The van der Waals surface area contributed by atoms with Crippen LogP contribution in [0.3, 0.4) is 0 Å². The van der Waals surface area contributed by atoms with Gasteiger partial charge in [-0.05, 0) is 29.9 Å². The fourth-order valence-corrected chi connectivity index (χ4v) is 2.14. The zero-order valence-electron chi connectivity index (χ0n) is 9.73. The summed E-state index contributed by atoms with van der Waals surface area (Å²) in [5, 5.41) is 7.28. The normalized spacial score (nSPS) is 15.1. The summed E-state index contributed by atoms with van der Waals surface area (Å²) in [6, 6.07) is 10.6. The van der Waals surface area contributed by atoms with Crippen LogP contribution in [0.1, 0.15) is 35.6 Å². The van der Waals surface area contributed by atoms with E-state index >= 15 is 0 Å². The minimum atomic E-state index is 0.759. The Morgan fingerprint density at radius 1 is 1.18 bits per heavy atom. The lowest BCUT2D eigenvalue weighted by Crippen LogP contribution is -2.14. The molecular formula is C14H16N2O. The molecule has 1 saturated carbocycles. The summed E-state index contributed by atoms with van der Waals surface area (Å²) in [6.45, 7) is 1.66. The minimum absolute atomic E-state index is 0.759. The molecule has 0 atom stereocenters. The van der Waals surface area contributed by atoms with Gasteiger partial charge in [-0.3, -0.25) is 0 Å². The van der Waals surface area contributed by atoms with E-state index in [4.69, 9.17) is 4.52 Å². The van der Waals surface area contributed by atoms with Crippen LogP contribution in [0.15, 0.2) is 41.1 Å². The number of benzene rings is 1. The molecule has 0 saturated heterocycles. The molecule has 0 aliphatic heterocycles. The van der Waals surface area contributed by atoms with Crippen LogP contribution in [0, 0.1) is 0 Å². The highest BCUT2D eigenvalue weighted by Gasteiger charge is 2.25. The summed E-state index contributed by atoms with van der Waals surface area (Å²) >= 11 is 0. The molecule has 1 aliphatic rings. The molecule has 3 nitrogen and oxygen atoms in total. The van der Waals surface area contributed by atoms with Crippen LogP contribution >= 0.6 is 0 Å². The predicted molar refractivity (Wildman–Crippen MR) is 65.5 cm³/mol. The predicted octanol–water partition coefficient (Wildman–Crippen LogP) is 2.84. The van der Waals surface area contributed by atoms with Gasteiger partial charge in [0.2, 0.25) is 0 Å². The SMILES string of the molecule is c1ccc(C2CC2)c(CNCc2ccon2)c1. The van der Waals surface area contributed by atoms with Gasteiger partial charge < -0.3 is 9.84 Å². The Bertz CT molecular complexity index is 475. The zero-order valence-corrected chi connectivity index (χ0v) is 9.73. The molecule has 0 spiro atoms. The third-order valence-electron chi connectivity index (χ3n) is 3.19. The number of hydrogen-bond donors (Lipinski definition) is 1. The molecule has 0 radical (unpaired) electrons. The van der Waals surface area contributed by atoms with Crippen molar-refractivity contribution in [1.82, 2.24) is 10.5 Å². The highest BCUT2D eigenvalue weighted by Crippen LogP contribution is 2.41. The van der Waals surface area contributed by atoms with Gasteiger partial charge in [0.05, 0.1) is 5.69 Å². The second-order valence-corrected chi connectivity index (χ2v) is 4.57. The smallest absolute Gasteiger partial charge is 0.124 e. The first-order valence-corrected chi connectivity index (χ1v) is 6.11. The van der Waals surface area contributed by atoms with Gasteiger partial charge in [0.1, 0.15) is 6.26 Å². The van der Waals surface area contributed by atoms with Crippen molar-refractivity contribution in [3.8, 4) is 0 Å². The summed E-state index contributed by atoms with van der Waals surface area (Å²) in [6.07, 6.45) is 4.30. The van der Waals surface area contributed by atoms with Crippen molar-refractivity contribution in [2.45, 2.75) is 31.8 Å². The van der Waals surface area contributed by atoms with E-state index in [9.17, 15) is 0 Å². The Hall–Kier alpha value is -1.61. The van der Waals surface area contributed by atoms with E-state index in [0.29, 0.717) is 0 Å². The Balaban J connectivity index is 1.61. The highest BCUT2D eigenvalue weighted by atomic mass is 16.5. The Morgan fingerprint density at radius 2 is 2.06 bits per heavy atom. The molecule has 1 fully saturated rings. The molecule has 2 aromatic rings. The molecule has 3 heteroatoms. The summed E-state index contributed by atoms with van der Waals surface area (Å²) in [7, 11) is 0.